The number of halogens is 2. The Hall–Kier alpha value is -2.25. The van der Waals surface area contributed by atoms with Crippen molar-refractivity contribution in [2.24, 2.45) is 0 Å². The van der Waals surface area contributed by atoms with Gasteiger partial charge in [-0.1, -0.05) is 17.7 Å². The second-order valence-electron chi connectivity index (χ2n) is 6.11. The minimum absolute atomic E-state index is 0.0686. The first-order valence-electron chi connectivity index (χ1n) is 8.53. The van der Waals surface area contributed by atoms with E-state index < -0.39 is 0 Å². The first-order valence-corrected chi connectivity index (χ1v) is 9.71. The number of ether oxygens (including phenoxy) is 2. The summed E-state index contributed by atoms with van der Waals surface area (Å²) in [6.45, 7) is -0.0686. The fourth-order valence-electron chi connectivity index (χ4n) is 2.58. The first-order chi connectivity index (χ1) is 13.3. The number of carbonyl (C=O) groups is 2. The van der Waals surface area contributed by atoms with Crippen LogP contribution >= 0.6 is 27.5 Å². The van der Waals surface area contributed by atoms with Gasteiger partial charge < -0.3 is 19.7 Å². The number of hydrogen-bond acceptors (Lipinski definition) is 4. The molecule has 0 saturated carbocycles. The van der Waals surface area contributed by atoms with Crippen molar-refractivity contribution in [1.29, 1.82) is 0 Å². The van der Waals surface area contributed by atoms with E-state index in [4.69, 9.17) is 21.1 Å². The number of benzene rings is 2. The van der Waals surface area contributed by atoms with Crippen molar-refractivity contribution in [3.8, 4) is 11.5 Å². The molecule has 0 aliphatic heterocycles. The van der Waals surface area contributed by atoms with Gasteiger partial charge in [-0.05, 0) is 58.2 Å². The molecule has 1 N–H and O–H groups in total. The quantitative estimate of drug-likeness (QED) is 0.631. The molecule has 150 valence electrons. The Morgan fingerprint density at radius 1 is 1.11 bits per heavy atom. The molecule has 2 aromatic carbocycles. The molecule has 0 aliphatic rings. The number of likely N-dealkylation sites (N-methyl/N-ethyl adjacent to an activating group) is 1. The Kier molecular flexibility index (Phi) is 8.14. The maximum Gasteiger partial charge on any atom is 0.244 e. The SMILES string of the molecule is COc1ccc(CCC(=O)N(C)CC(=O)Nc2cc(Cl)ccc2OC)cc1Br. The summed E-state index contributed by atoms with van der Waals surface area (Å²) in [4.78, 5) is 26.0. The van der Waals surface area contributed by atoms with Crippen molar-refractivity contribution in [3.63, 3.8) is 0 Å². The second-order valence-corrected chi connectivity index (χ2v) is 7.40. The summed E-state index contributed by atoms with van der Waals surface area (Å²) in [5.41, 5.74) is 1.46. The molecule has 2 rings (SSSR count). The van der Waals surface area contributed by atoms with Crippen molar-refractivity contribution in [2.45, 2.75) is 12.8 Å². The molecule has 0 heterocycles. The molecule has 28 heavy (non-hydrogen) atoms. The van der Waals surface area contributed by atoms with E-state index in [-0.39, 0.29) is 18.4 Å². The van der Waals surface area contributed by atoms with Crippen molar-refractivity contribution < 1.29 is 19.1 Å². The normalized spacial score (nSPS) is 10.3. The van der Waals surface area contributed by atoms with E-state index in [1.165, 1.54) is 12.0 Å². The Morgan fingerprint density at radius 3 is 2.43 bits per heavy atom. The van der Waals surface area contributed by atoms with Gasteiger partial charge in [0, 0.05) is 18.5 Å². The lowest BCUT2D eigenvalue weighted by Crippen LogP contribution is -2.35. The van der Waals surface area contributed by atoms with Crippen LogP contribution in [0.4, 0.5) is 5.69 Å². The fourth-order valence-corrected chi connectivity index (χ4v) is 3.34. The van der Waals surface area contributed by atoms with E-state index >= 15 is 0 Å². The number of aryl methyl sites for hydroxylation is 1. The highest BCUT2D eigenvalue weighted by atomic mass is 79.9. The lowest BCUT2D eigenvalue weighted by Gasteiger charge is -2.18. The third-order valence-electron chi connectivity index (χ3n) is 4.09. The molecular formula is C20H22BrClN2O4. The van der Waals surface area contributed by atoms with Gasteiger partial charge in [0.2, 0.25) is 11.8 Å². The molecule has 0 radical (unpaired) electrons. The average Bonchev–Trinajstić information content (AvgIpc) is 2.66. The molecule has 8 heteroatoms. The number of methoxy groups -OCH3 is 2. The van der Waals surface area contributed by atoms with Crippen LogP contribution in [0.15, 0.2) is 40.9 Å². The van der Waals surface area contributed by atoms with Crippen molar-refractivity contribution >= 4 is 45.0 Å². The highest BCUT2D eigenvalue weighted by Gasteiger charge is 2.15. The predicted octanol–water partition coefficient (Wildman–Crippen LogP) is 4.15. The molecule has 2 amide bonds. The third-order valence-corrected chi connectivity index (χ3v) is 4.94. The molecule has 0 unspecified atom stereocenters. The maximum absolute atomic E-state index is 12.4. The molecule has 0 atom stereocenters. The number of rotatable bonds is 8. The molecular weight excluding hydrogens is 448 g/mol. The minimum atomic E-state index is -0.330. The van der Waals surface area contributed by atoms with Crippen LogP contribution in [-0.2, 0) is 16.0 Å². The van der Waals surface area contributed by atoms with Crippen molar-refractivity contribution in [1.82, 2.24) is 4.90 Å². The van der Waals surface area contributed by atoms with E-state index in [9.17, 15) is 9.59 Å². The number of amides is 2. The van der Waals surface area contributed by atoms with E-state index in [1.807, 2.05) is 18.2 Å². The second kappa shape index (κ2) is 10.3. The van der Waals surface area contributed by atoms with Gasteiger partial charge in [-0.15, -0.1) is 0 Å². The van der Waals surface area contributed by atoms with Crippen LogP contribution in [0, 0.1) is 0 Å². The number of nitrogens with zero attached hydrogens (tertiary/aromatic N) is 1. The van der Waals surface area contributed by atoms with E-state index in [0.29, 0.717) is 29.3 Å². The highest BCUT2D eigenvalue weighted by molar-refractivity contribution is 9.10. The van der Waals surface area contributed by atoms with Gasteiger partial charge >= 0.3 is 0 Å². The van der Waals surface area contributed by atoms with Crippen LogP contribution in [0.5, 0.6) is 11.5 Å². The summed E-state index contributed by atoms with van der Waals surface area (Å²) < 4.78 is 11.2. The molecule has 0 saturated heterocycles. The summed E-state index contributed by atoms with van der Waals surface area (Å²) >= 11 is 9.39. The molecule has 0 spiro atoms. The molecule has 0 aromatic heterocycles. The molecule has 6 nitrogen and oxygen atoms in total. The van der Waals surface area contributed by atoms with Crippen LogP contribution < -0.4 is 14.8 Å². The smallest absolute Gasteiger partial charge is 0.244 e. The predicted molar refractivity (Wildman–Crippen MR) is 113 cm³/mol. The highest BCUT2D eigenvalue weighted by Crippen LogP contribution is 2.28. The van der Waals surface area contributed by atoms with Crippen molar-refractivity contribution in [3.05, 3.63) is 51.5 Å². The van der Waals surface area contributed by atoms with Gasteiger partial charge in [0.05, 0.1) is 30.9 Å². The molecule has 0 bridgehead atoms. The van der Waals surface area contributed by atoms with Crippen LogP contribution in [0.25, 0.3) is 0 Å². The number of hydrogen-bond donors (Lipinski definition) is 1. The monoisotopic (exact) mass is 468 g/mol. The summed E-state index contributed by atoms with van der Waals surface area (Å²) in [5, 5.41) is 3.20. The Morgan fingerprint density at radius 2 is 1.79 bits per heavy atom. The topological polar surface area (TPSA) is 67.9 Å². The van der Waals surface area contributed by atoms with Gasteiger partial charge in [-0.3, -0.25) is 9.59 Å². The van der Waals surface area contributed by atoms with Crippen LogP contribution in [0.3, 0.4) is 0 Å². The van der Waals surface area contributed by atoms with Gasteiger partial charge in [-0.2, -0.15) is 0 Å². The van der Waals surface area contributed by atoms with Gasteiger partial charge in [0.1, 0.15) is 11.5 Å². The standard InChI is InChI=1S/C20H22BrClN2O4/c1-24(12-19(25)23-16-11-14(22)6-8-18(16)28-3)20(26)9-5-13-4-7-17(27-2)15(21)10-13/h4,6-8,10-11H,5,9,12H2,1-3H3,(H,23,25). The zero-order valence-corrected chi connectivity index (χ0v) is 18.3. The number of anilines is 1. The number of nitrogens with one attached hydrogen (secondary N) is 1. The summed E-state index contributed by atoms with van der Waals surface area (Å²) in [7, 11) is 4.70. The number of carbonyl (C=O) groups excluding carboxylic acids is 2. The summed E-state index contributed by atoms with van der Waals surface area (Å²) in [6.07, 6.45) is 0.860. The van der Waals surface area contributed by atoms with Crippen LogP contribution in [0.1, 0.15) is 12.0 Å². The third kappa shape index (κ3) is 6.14. The summed E-state index contributed by atoms with van der Waals surface area (Å²) in [5.74, 6) is 0.779. The molecule has 0 aliphatic carbocycles. The average molecular weight is 470 g/mol. The first kappa shape index (κ1) is 22.0. The zero-order chi connectivity index (χ0) is 20.7. The van der Waals surface area contributed by atoms with Crippen LogP contribution in [0.2, 0.25) is 5.02 Å². The van der Waals surface area contributed by atoms with E-state index in [2.05, 4.69) is 21.2 Å². The molecule has 0 fully saturated rings. The molecule has 2 aromatic rings. The lowest BCUT2D eigenvalue weighted by atomic mass is 10.1. The van der Waals surface area contributed by atoms with Gasteiger partial charge in [-0.25, -0.2) is 0 Å². The van der Waals surface area contributed by atoms with Gasteiger partial charge in [0.25, 0.3) is 0 Å². The van der Waals surface area contributed by atoms with E-state index in [1.54, 1.807) is 32.4 Å². The Balaban J connectivity index is 1.89. The van der Waals surface area contributed by atoms with Crippen LogP contribution in [-0.4, -0.2) is 44.5 Å². The maximum atomic E-state index is 12.4. The Labute approximate surface area is 177 Å². The largest absolute Gasteiger partial charge is 0.496 e. The fraction of sp³-hybridized carbons (Fsp3) is 0.300. The summed E-state index contributed by atoms with van der Waals surface area (Å²) in [6, 6.07) is 10.6. The van der Waals surface area contributed by atoms with E-state index in [0.717, 1.165) is 15.8 Å². The van der Waals surface area contributed by atoms with Gasteiger partial charge in [0.15, 0.2) is 0 Å². The lowest BCUT2D eigenvalue weighted by molar-refractivity contribution is -0.133. The minimum Gasteiger partial charge on any atom is -0.496 e. The Bertz CT molecular complexity index is 860. The zero-order valence-electron chi connectivity index (χ0n) is 15.9. The van der Waals surface area contributed by atoms with Crippen molar-refractivity contribution in [2.75, 3.05) is 33.1 Å².